The first-order valence-electron chi connectivity index (χ1n) is 6.29. The zero-order chi connectivity index (χ0) is 12.7. The maximum absolute atomic E-state index is 4.18. The first-order valence-corrected chi connectivity index (χ1v) is 7.28. The van der Waals surface area contributed by atoms with Gasteiger partial charge in [0.15, 0.2) is 5.16 Å². The Morgan fingerprint density at radius 1 is 1.35 bits per heavy atom. The van der Waals surface area contributed by atoms with Gasteiger partial charge in [0.05, 0.1) is 0 Å². The number of nitrogens with zero attached hydrogens (tertiary/aromatic N) is 3. The van der Waals surface area contributed by atoms with E-state index in [4.69, 9.17) is 0 Å². The molecular weight excluding hydrogens is 232 g/mol. The number of hydrogen-bond acceptors (Lipinski definition) is 4. The SMILES string of the molecule is CC(C)CCC(C)NCCSc1ncnn1C. The minimum Gasteiger partial charge on any atom is -0.313 e. The summed E-state index contributed by atoms with van der Waals surface area (Å²) in [6.07, 6.45) is 4.15. The second-order valence-electron chi connectivity index (χ2n) is 4.84. The molecule has 1 rings (SSSR count). The summed E-state index contributed by atoms with van der Waals surface area (Å²) >= 11 is 1.75. The molecule has 17 heavy (non-hydrogen) atoms. The number of aromatic nitrogens is 3. The third-order valence-electron chi connectivity index (χ3n) is 2.67. The molecule has 0 saturated heterocycles. The molecule has 1 unspecified atom stereocenters. The van der Waals surface area contributed by atoms with Crippen LogP contribution in [0.3, 0.4) is 0 Å². The Balaban J connectivity index is 2.06. The topological polar surface area (TPSA) is 42.7 Å². The van der Waals surface area contributed by atoms with Crippen molar-refractivity contribution >= 4 is 11.8 Å². The average molecular weight is 256 g/mol. The van der Waals surface area contributed by atoms with Crippen LogP contribution in [0.5, 0.6) is 0 Å². The minimum absolute atomic E-state index is 0.609. The number of hydrogen-bond donors (Lipinski definition) is 1. The molecule has 0 fully saturated rings. The van der Waals surface area contributed by atoms with Crippen molar-refractivity contribution in [2.24, 2.45) is 13.0 Å². The van der Waals surface area contributed by atoms with E-state index in [-0.39, 0.29) is 0 Å². The van der Waals surface area contributed by atoms with E-state index in [0.717, 1.165) is 23.4 Å². The first-order chi connectivity index (χ1) is 8.09. The normalized spacial score (nSPS) is 13.2. The van der Waals surface area contributed by atoms with Crippen molar-refractivity contribution in [1.29, 1.82) is 0 Å². The van der Waals surface area contributed by atoms with Crippen molar-refractivity contribution in [3.05, 3.63) is 6.33 Å². The number of aryl methyl sites for hydroxylation is 1. The van der Waals surface area contributed by atoms with Crippen LogP contribution in [-0.4, -0.2) is 33.1 Å². The first kappa shape index (κ1) is 14.5. The van der Waals surface area contributed by atoms with Crippen LogP contribution in [0.1, 0.15) is 33.6 Å². The van der Waals surface area contributed by atoms with Crippen molar-refractivity contribution in [3.8, 4) is 0 Å². The molecule has 98 valence electrons. The Morgan fingerprint density at radius 2 is 2.12 bits per heavy atom. The van der Waals surface area contributed by atoms with Crippen LogP contribution in [-0.2, 0) is 7.05 Å². The Labute approximate surface area is 109 Å². The van der Waals surface area contributed by atoms with Gasteiger partial charge in [0, 0.05) is 25.4 Å². The van der Waals surface area contributed by atoms with Crippen molar-refractivity contribution in [2.75, 3.05) is 12.3 Å². The van der Waals surface area contributed by atoms with Crippen LogP contribution in [0.2, 0.25) is 0 Å². The molecule has 0 bridgehead atoms. The Hall–Kier alpha value is -0.550. The van der Waals surface area contributed by atoms with Crippen molar-refractivity contribution in [3.63, 3.8) is 0 Å². The van der Waals surface area contributed by atoms with Crippen LogP contribution < -0.4 is 5.32 Å². The highest BCUT2D eigenvalue weighted by atomic mass is 32.2. The lowest BCUT2D eigenvalue weighted by Crippen LogP contribution is -2.28. The van der Waals surface area contributed by atoms with Gasteiger partial charge in [-0.25, -0.2) is 9.67 Å². The molecule has 0 spiro atoms. The Morgan fingerprint density at radius 3 is 2.71 bits per heavy atom. The molecule has 4 nitrogen and oxygen atoms in total. The molecule has 0 aromatic carbocycles. The van der Waals surface area contributed by atoms with Crippen LogP contribution >= 0.6 is 11.8 Å². The molecule has 0 aliphatic rings. The summed E-state index contributed by atoms with van der Waals surface area (Å²) in [6.45, 7) is 7.83. The Kier molecular flexibility index (Phi) is 6.58. The molecule has 1 aromatic heterocycles. The van der Waals surface area contributed by atoms with Crippen LogP contribution in [0.25, 0.3) is 0 Å². The fourth-order valence-electron chi connectivity index (χ4n) is 1.55. The highest BCUT2D eigenvalue weighted by Crippen LogP contribution is 2.12. The predicted octanol–water partition coefficient (Wildman–Crippen LogP) is 2.32. The summed E-state index contributed by atoms with van der Waals surface area (Å²) in [5.41, 5.74) is 0. The average Bonchev–Trinajstić information content (AvgIpc) is 2.68. The van der Waals surface area contributed by atoms with Crippen molar-refractivity contribution in [2.45, 2.75) is 44.8 Å². The molecule has 0 amide bonds. The molecule has 1 atom stereocenters. The summed E-state index contributed by atoms with van der Waals surface area (Å²) < 4.78 is 1.81. The maximum Gasteiger partial charge on any atom is 0.185 e. The number of thioether (sulfide) groups is 1. The zero-order valence-electron chi connectivity index (χ0n) is 11.3. The van der Waals surface area contributed by atoms with E-state index in [1.54, 1.807) is 18.1 Å². The maximum atomic E-state index is 4.18. The van der Waals surface area contributed by atoms with Gasteiger partial charge in [-0.05, 0) is 25.7 Å². The number of rotatable bonds is 8. The van der Waals surface area contributed by atoms with Crippen LogP contribution in [0.4, 0.5) is 0 Å². The van der Waals surface area contributed by atoms with Gasteiger partial charge in [-0.1, -0.05) is 25.6 Å². The fraction of sp³-hybridized carbons (Fsp3) is 0.833. The van der Waals surface area contributed by atoms with Crippen LogP contribution in [0.15, 0.2) is 11.5 Å². The van der Waals surface area contributed by atoms with E-state index >= 15 is 0 Å². The van der Waals surface area contributed by atoms with E-state index < -0.39 is 0 Å². The second kappa shape index (κ2) is 7.71. The fourth-order valence-corrected chi connectivity index (χ4v) is 2.31. The molecule has 0 aliphatic carbocycles. The van der Waals surface area contributed by atoms with Gasteiger partial charge in [0.2, 0.25) is 0 Å². The number of nitrogens with one attached hydrogen (secondary N) is 1. The molecule has 1 heterocycles. The van der Waals surface area contributed by atoms with Gasteiger partial charge in [-0.3, -0.25) is 0 Å². The van der Waals surface area contributed by atoms with Crippen LogP contribution in [0, 0.1) is 5.92 Å². The van der Waals surface area contributed by atoms with Gasteiger partial charge in [-0.15, -0.1) is 0 Å². The standard InChI is InChI=1S/C12H24N4S/c1-10(2)5-6-11(3)13-7-8-17-12-14-9-15-16(12)4/h9-11,13H,5-8H2,1-4H3. The van der Waals surface area contributed by atoms with E-state index in [9.17, 15) is 0 Å². The molecular formula is C12H24N4S. The highest BCUT2D eigenvalue weighted by molar-refractivity contribution is 7.99. The van der Waals surface area contributed by atoms with E-state index in [0.29, 0.717) is 6.04 Å². The van der Waals surface area contributed by atoms with Gasteiger partial charge in [-0.2, -0.15) is 5.10 Å². The van der Waals surface area contributed by atoms with Crippen molar-refractivity contribution < 1.29 is 0 Å². The van der Waals surface area contributed by atoms with Gasteiger partial charge in [0.25, 0.3) is 0 Å². The third-order valence-corrected chi connectivity index (χ3v) is 3.71. The van der Waals surface area contributed by atoms with E-state index in [1.165, 1.54) is 12.8 Å². The third kappa shape index (κ3) is 6.07. The summed E-state index contributed by atoms with van der Waals surface area (Å²) in [4.78, 5) is 4.18. The second-order valence-corrected chi connectivity index (χ2v) is 5.90. The van der Waals surface area contributed by atoms with Gasteiger partial charge in [0.1, 0.15) is 6.33 Å². The summed E-state index contributed by atoms with van der Waals surface area (Å²) in [7, 11) is 1.92. The summed E-state index contributed by atoms with van der Waals surface area (Å²) in [6, 6.07) is 0.609. The van der Waals surface area contributed by atoms with Crippen molar-refractivity contribution in [1.82, 2.24) is 20.1 Å². The zero-order valence-corrected chi connectivity index (χ0v) is 12.1. The smallest absolute Gasteiger partial charge is 0.185 e. The quantitative estimate of drug-likeness (QED) is 0.572. The summed E-state index contributed by atoms with van der Waals surface area (Å²) in [5, 5.41) is 8.57. The van der Waals surface area contributed by atoms with E-state index in [1.807, 2.05) is 11.7 Å². The van der Waals surface area contributed by atoms with Gasteiger partial charge >= 0.3 is 0 Å². The lowest BCUT2D eigenvalue weighted by molar-refractivity contribution is 0.460. The molecule has 1 aromatic rings. The molecule has 0 saturated carbocycles. The summed E-state index contributed by atoms with van der Waals surface area (Å²) in [5.74, 6) is 1.84. The molecule has 0 radical (unpaired) electrons. The molecule has 0 aliphatic heterocycles. The Bertz CT molecular complexity index is 311. The molecule has 1 N–H and O–H groups in total. The minimum atomic E-state index is 0.609. The highest BCUT2D eigenvalue weighted by Gasteiger charge is 2.04. The monoisotopic (exact) mass is 256 g/mol. The predicted molar refractivity (Wildman–Crippen MR) is 73.3 cm³/mol. The molecule has 5 heteroatoms. The van der Waals surface area contributed by atoms with Gasteiger partial charge < -0.3 is 5.32 Å². The lowest BCUT2D eigenvalue weighted by atomic mass is 10.0. The lowest BCUT2D eigenvalue weighted by Gasteiger charge is -2.14. The largest absolute Gasteiger partial charge is 0.313 e. The van der Waals surface area contributed by atoms with E-state index in [2.05, 4.69) is 36.2 Å².